The second-order valence-corrected chi connectivity index (χ2v) is 3.67. The molecule has 1 heterocycles. The highest BCUT2D eigenvalue weighted by molar-refractivity contribution is 5.94. The number of hydrogen-bond donors (Lipinski definition) is 2. The van der Waals surface area contributed by atoms with Crippen molar-refractivity contribution >= 4 is 5.91 Å². The van der Waals surface area contributed by atoms with Gasteiger partial charge in [0.2, 0.25) is 0 Å². The fourth-order valence-corrected chi connectivity index (χ4v) is 1.37. The molecule has 2 N–H and O–H groups in total. The van der Waals surface area contributed by atoms with Gasteiger partial charge >= 0.3 is 6.18 Å². The van der Waals surface area contributed by atoms with Crippen molar-refractivity contribution in [3.63, 3.8) is 0 Å². The SMILES string of the molecule is Cc1cc(C)c(C(=O)NOCC(F)(F)F)c(=O)[nH]1. The molecule has 1 aromatic heterocycles. The molecule has 0 spiro atoms. The maximum Gasteiger partial charge on any atom is 0.414 e. The summed E-state index contributed by atoms with van der Waals surface area (Å²) in [7, 11) is 0. The molecule has 0 saturated carbocycles. The zero-order chi connectivity index (χ0) is 13.9. The van der Waals surface area contributed by atoms with Crippen molar-refractivity contribution in [2.24, 2.45) is 0 Å². The van der Waals surface area contributed by atoms with Crippen molar-refractivity contribution in [2.75, 3.05) is 6.61 Å². The number of rotatable bonds is 3. The third kappa shape index (κ3) is 3.88. The van der Waals surface area contributed by atoms with Gasteiger partial charge in [-0.1, -0.05) is 0 Å². The highest BCUT2D eigenvalue weighted by Gasteiger charge is 2.28. The first-order valence-corrected chi connectivity index (χ1v) is 4.90. The van der Waals surface area contributed by atoms with Gasteiger partial charge in [0, 0.05) is 5.69 Å². The van der Waals surface area contributed by atoms with Gasteiger partial charge in [0.05, 0.1) is 0 Å². The second-order valence-electron chi connectivity index (χ2n) is 3.67. The Balaban J connectivity index is 2.77. The normalized spacial score (nSPS) is 11.4. The topological polar surface area (TPSA) is 71.2 Å². The molecule has 0 aliphatic rings. The maximum absolute atomic E-state index is 11.8. The van der Waals surface area contributed by atoms with E-state index < -0.39 is 24.2 Å². The molecule has 5 nitrogen and oxygen atoms in total. The van der Waals surface area contributed by atoms with Crippen molar-refractivity contribution in [1.82, 2.24) is 10.5 Å². The van der Waals surface area contributed by atoms with Crippen LogP contribution in [0.2, 0.25) is 0 Å². The Labute approximate surface area is 99.9 Å². The lowest BCUT2D eigenvalue weighted by Gasteiger charge is -2.09. The predicted octanol–water partition coefficient (Wildman–Crippen LogP) is 1.22. The molecule has 0 saturated heterocycles. The number of aryl methyl sites for hydroxylation is 2. The van der Waals surface area contributed by atoms with E-state index in [2.05, 4.69) is 9.82 Å². The largest absolute Gasteiger partial charge is 0.414 e. The summed E-state index contributed by atoms with van der Waals surface area (Å²) in [6, 6.07) is 1.53. The monoisotopic (exact) mass is 264 g/mol. The molecule has 1 aromatic rings. The molecule has 0 aliphatic heterocycles. The molecule has 0 aliphatic carbocycles. The Morgan fingerprint density at radius 3 is 2.56 bits per heavy atom. The lowest BCUT2D eigenvalue weighted by Crippen LogP contribution is -2.33. The molecule has 0 fully saturated rings. The second kappa shape index (κ2) is 5.21. The van der Waals surface area contributed by atoms with Crippen LogP contribution in [0.25, 0.3) is 0 Å². The van der Waals surface area contributed by atoms with Crippen molar-refractivity contribution in [2.45, 2.75) is 20.0 Å². The van der Waals surface area contributed by atoms with E-state index in [4.69, 9.17) is 0 Å². The van der Waals surface area contributed by atoms with Crippen LogP contribution in [0.5, 0.6) is 0 Å². The third-order valence-corrected chi connectivity index (χ3v) is 1.99. The molecule has 0 unspecified atom stereocenters. The fourth-order valence-electron chi connectivity index (χ4n) is 1.37. The highest BCUT2D eigenvalue weighted by Crippen LogP contribution is 2.13. The number of aromatic amines is 1. The van der Waals surface area contributed by atoms with Gasteiger partial charge in [-0.15, -0.1) is 0 Å². The van der Waals surface area contributed by atoms with Gasteiger partial charge < -0.3 is 4.98 Å². The molecule has 18 heavy (non-hydrogen) atoms. The molecule has 0 atom stereocenters. The number of nitrogens with one attached hydrogen (secondary N) is 2. The van der Waals surface area contributed by atoms with Crippen LogP contribution in [0.4, 0.5) is 13.2 Å². The minimum absolute atomic E-state index is 0.275. The van der Waals surface area contributed by atoms with Crippen LogP contribution in [-0.2, 0) is 4.84 Å². The van der Waals surface area contributed by atoms with E-state index in [9.17, 15) is 22.8 Å². The van der Waals surface area contributed by atoms with Crippen LogP contribution < -0.4 is 11.0 Å². The van der Waals surface area contributed by atoms with Crippen LogP contribution in [0.1, 0.15) is 21.6 Å². The van der Waals surface area contributed by atoms with Crippen molar-refractivity contribution < 1.29 is 22.8 Å². The Bertz CT molecular complexity index is 508. The van der Waals surface area contributed by atoms with Gasteiger partial charge in [-0.2, -0.15) is 13.2 Å². The van der Waals surface area contributed by atoms with Gasteiger partial charge in [0.15, 0.2) is 6.61 Å². The van der Waals surface area contributed by atoms with Crippen LogP contribution in [-0.4, -0.2) is 23.7 Å². The molecule has 0 radical (unpaired) electrons. The summed E-state index contributed by atoms with van der Waals surface area (Å²) in [6.07, 6.45) is -4.55. The molecule has 1 amide bonds. The Hall–Kier alpha value is -1.83. The zero-order valence-electron chi connectivity index (χ0n) is 9.64. The predicted molar refractivity (Wildman–Crippen MR) is 56.0 cm³/mol. The molecular formula is C10H11F3N2O3. The standard InChI is InChI=1S/C10H11F3N2O3/c1-5-3-6(2)14-8(16)7(5)9(17)15-18-4-10(11,12)13/h3H,4H2,1-2H3,(H,14,16)(H,15,17). The molecule has 0 bridgehead atoms. The van der Waals surface area contributed by atoms with Crippen molar-refractivity contribution in [3.05, 3.63) is 33.2 Å². The van der Waals surface area contributed by atoms with Gasteiger partial charge in [-0.25, -0.2) is 5.48 Å². The summed E-state index contributed by atoms with van der Waals surface area (Å²) < 4.78 is 35.3. The number of carbonyl (C=O) groups excluding carboxylic acids is 1. The van der Waals surface area contributed by atoms with Crippen LogP contribution in [0.15, 0.2) is 10.9 Å². The lowest BCUT2D eigenvalue weighted by molar-refractivity contribution is -0.184. The van der Waals surface area contributed by atoms with Crippen molar-refractivity contribution in [1.29, 1.82) is 0 Å². The maximum atomic E-state index is 11.8. The van der Waals surface area contributed by atoms with E-state index in [-0.39, 0.29) is 5.56 Å². The third-order valence-electron chi connectivity index (χ3n) is 1.99. The first-order valence-electron chi connectivity index (χ1n) is 4.90. The number of alkyl halides is 3. The first-order chi connectivity index (χ1) is 8.20. The van der Waals surface area contributed by atoms with Crippen LogP contribution >= 0.6 is 0 Å². The van der Waals surface area contributed by atoms with Gasteiger partial charge in [0.1, 0.15) is 5.56 Å². The summed E-state index contributed by atoms with van der Waals surface area (Å²) in [5.74, 6) is -1.02. The molecule has 100 valence electrons. The first kappa shape index (κ1) is 14.2. The number of hydrogen-bond acceptors (Lipinski definition) is 3. The highest BCUT2D eigenvalue weighted by atomic mass is 19.4. The van der Waals surface area contributed by atoms with E-state index in [1.807, 2.05) is 0 Å². The quantitative estimate of drug-likeness (QED) is 0.806. The molecule has 1 rings (SSSR count). The van der Waals surface area contributed by atoms with E-state index in [1.54, 1.807) is 12.4 Å². The zero-order valence-corrected chi connectivity index (χ0v) is 9.64. The average Bonchev–Trinajstić information content (AvgIpc) is 2.13. The summed E-state index contributed by atoms with van der Waals surface area (Å²) in [5, 5.41) is 0. The molecule has 8 heteroatoms. The van der Waals surface area contributed by atoms with Gasteiger partial charge in [-0.3, -0.25) is 14.4 Å². The van der Waals surface area contributed by atoms with Crippen LogP contribution in [0.3, 0.4) is 0 Å². The average molecular weight is 264 g/mol. The van der Waals surface area contributed by atoms with E-state index >= 15 is 0 Å². The molecule has 0 aromatic carbocycles. The van der Waals surface area contributed by atoms with Crippen LogP contribution in [0, 0.1) is 13.8 Å². The number of aromatic nitrogens is 1. The summed E-state index contributed by atoms with van der Waals surface area (Å²) >= 11 is 0. The number of halogens is 3. The van der Waals surface area contributed by atoms with Crippen molar-refractivity contribution in [3.8, 4) is 0 Å². The fraction of sp³-hybridized carbons (Fsp3) is 0.400. The van der Waals surface area contributed by atoms with Gasteiger partial charge in [0.25, 0.3) is 11.5 Å². The minimum atomic E-state index is -4.55. The molecular weight excluding hydrogens is 253 g/mol. The smallest absolute Gasteiger partial charge is 0.326 e. The number of H-pyrrole nitrogens is 1. The van der Waals surface area contributed by atoms with E-state index in [1.165, 1.54) is 13.0 Å². The number of carbonyl (C=O) groups is 1. The minimum Gasteiger partial charge on any atom is -0.326 e. The summed E-state index contributed by atoms with van der Waals surface area (Å²) in [4.78, 5) is 29.3. The number of pyridine rings is 1. The Morgan fingerprint density at radius 1 is 1.44 bits per heavy atom. The Morgan fingerprint density at radius 2 is 2.06 bits per heavy atom. The van der Waals surface area contributed by atoms with E-state index in [0.717, 1.165) is 0 Å². The van der Waals surface area contributed by atoms with E-state index in [0.29, 0.717) is 11.3 Å². The summed E-state index contributed by atoms with van der Waals surface area (Å²) in [6.45, 7) is 1.50. The van der Waals surface area contributed by atoms with Gasteiger partial charge in [-0.05, 0) is 25.5 Å². The number of amides is 1. The Kier molecular flexibility index (Phi) is 4.12. The lowest BCUT2D eigenvalue weighted by atomic mass is 10.1. The number of hydroxylamine groups is 1. The summed E-state index contributed by atoms with van der Waals surface area (Å²) in [5.41, 5.74) is 1.52.